The molecule has 0 saturated carbocycles. The maximum Gasteiger partial charge on any atom is 0.508 e. The van der Waals surface area contributed by atoms with Crippen molar-refractivity contribution in [3.8, 4) is 0 Å². The molecule has 2 aliphatic rings. The molecule has 10 heteroatoms. The third-order valence-corrected chi connectivity index (χ3v) is 6.68. The van der Waals surface area contributed by atoms with E-state index >= 15 is 0 Å². The summed E-state index contributed by atoms with van der Waals surface area (Å²) >= 11 is 0. The van der Waals surface area contributed by atoms with Crippen LogP contribution in [-0.4, -0.2) is 65.8 Å². The van der Waals surface area contributed by atoms with Gasteiger partial charge in [-0.05, 0) is 51.5 Å². The van der Waals surface area contributed by atoms with Crippen molar-refractivity contribution in [1.82, 2.24) is 10.2 Å². The number of unbranched alkanes of at least 4 members (excludes halogenated alkanes) is 9. The SMILES string of the molecule is CCCCC/C=C\C/C=C\CCCCCCCCOC(=O)OC[C@H]1O[C@@H](N2C=CC(C)NC2=O)C(F)(F)[C@@H]1O. The van der Waals surface area contributed by atoms with Crippen LogP contribution >= 0.6 is 0 Å². The van der Waals surface area contributed by atoms with Crippen molar-refractivity contribution < 1.29 is 37.7 Å². The maximum absolute atomic E-state index is 14.5. The number of aliphatic hydroxyl groups excluding tert-OH is 1. The second-order valence-corrected chi connectivity index (χ2v) is 10.1. The molecule has 39 heavy (non-hydrogen) atoms. The summed E-state index contributed by atoms with van der Waals surface area (Å²) in [5.41, 5.74) is 0. The third kappa shape index (κ3) is 11.7. The minimum Gasteiger partial charge on any atom is -0.434 e. The van der Waals surface area contributed by atoms with Gasteiger partial charge in [0.2, 0.25) is 6.23 Å². The number of hydrogen-bond acceptors (Lipinski definition) is 6. The lowest BCUT2D eigenvalue weighted by Gasteiger charge is -2.32. The van der Waals surface area contributed by atoms with Crippen LogP contribution in [0.15, 0.2) is 36.6 Å². The van der Waals surface area contributed by atoms with E-state index in [4.69, 9.17) is 14.2 Å². The fourth-order valence-electron chi connectivity index (χ4n) is 4.34. The average Bonchev–Trinajstić information content (AvgIpc) is 3.12. The van der Waals surface area contributed by atoms with Crippen LogP contribution in [0, 0.1) is 0 Å². The Morgan fingerprint density at radius 1 is 1.05 bits per heavy atom. The molecule has 8 nitrogen and oxygen atoms in total. The maximum atomic E-state index is 14.5. The van der Waals surface area contributed by atoms with Gasteiger partial charge in [0.05, 0.1) is 6.61 Å². The second kappa shape index (κ2) is 18.0. The summed E-state index contributed by atoms with van der Waals surface area (Å²) in [7, 11) is 0. The van der Waals surface area contributed by atoms with Gasteiger partial charge < -0.3 is 24.6 Å². The normalized spacial score (nSPS) is 24.5. The van der Waals surface area contributed by atoms with Crippen LogP contribution < -0.4 is 5.32 Å². The number of nitrogens with zero attached hydrogens (tertiary/aromatic N) is 1. The van der Waals surface area contributed by atoms with E-state index < -0.39 is 43.2 Å². The highest BCUT2D eigenvalue weighted by molar-refractivity contribution is 5.77. The molecule has 0 aliphatic carbocycles. The standard InChI is InChI=1S/C29H46F2N2O6/c1-3-4-5-6-7-8-9-10-11-12-13-14-15-16-17-18-21-37-28(36)38-22-24-25(34)29(30,31)26(39-24)33-20-19-23(2)32-27(33)35/h7-8,10-11,19-20,23-26,34H,3-6,9,12-18,21-22H2,1-2H3,(H,32,35)/b8-7-,11-10-/t23?,24-,25-,26-/m1/s1. The Morgan fingerprint density at radius 2 is 1.69 bits per heavy atom. The van der Waals surface area contributed by atoms with Crippen LogP contribution in [0.2, 0.25) is 0 Å². The number of ether oxygens (including phenoxy) is 3. The fourth-order valence-corrected chi connectivity index (χ4v) is 4.34. The zero-order valence-electron chi connectivity index (χ0n) is 23.4. The summed E-state index contributed by atoms with van der Waals surface area (Å²) in [6, 6.07) is -1.08. The number of urea groups is 1. The molecule has 1 saturated heterocycles. The molecule has 0 aromatic heterocycles. The molecule has 0 aromatic rings. The van der Waals surface area contributed by atoms with Gasteiger partial charge in [0.15, 0.2) is 6.10 Å². The first-order valence-corrected chi connectivity index (χ1v) is 14.3. The van der Waals surface area contributed by atoms with Gasteiger partial charge in [0.25, 0.3) is 0 Å². The largest absolute Gasteiger partial charge is 0.508 e. The van der Waals surface area contributed by atoms with Gasteiger partial charge in [-0.15, -0.1) is 0 Å². The number of alkyl halides is 2. The van der Waals surface area contributed by atoms with Crippen molar-refractivity contribution in [1.29, 1.82) is 0 Å². The van der Waals surface area contributed by atoms with Crippen LogP contribution in [0.25, 0.3) is 0 Å². The lowest BCUT2D eigenvalue weighted by Crippen LogP contribution is -2.55. The zero-order valence-corrected chi connectivity index (χ0v) is 23.4. The summed E-state index contributed by atoms with van der Waals surface area (Å²) in [6.07, 6.45) is 18.1. The Balaban J connectivity index is 1.49. The first-order chi connectivity index (χ1) is 18.8. The molecular weight excluding hydrogens is 510 g/mol. The van der Waals surface area contributed by atoms with Gasteiger partial charge in [-0.1, -0.05) is 69.8 Å². The molecule has 0 aromatic carbocycles. The number of carbonyl (C=O) groups excluding carboxylic acids is 2. The quantitative estimate of drug-likeness (QED) is 0.112. The highest BCUT2D eigenvalue weighted by atomic mass is 19.3. The van der Waals surface area contributed by atoms with E-state index in [1.165, 1.54) is 38.0 Å². The summed E-state index contributed by atoms with van der Waals surface area (Å²) in [6.45, 7) is 3.45. The highest BCUT2D eigenvalue weighted by Crippen LogP contribution is 2.38. The van der Waals surface area contributed by atoms with Crippen molar-refractivity contribution in [2.75, 3.05) is 13.2 Å². The monoisotopic (exact) mass is 556 g/mol. The lowest BCUT2D eigenvalue weighted by atomic mass is 10.1. The summed E-state index contributed by atoms with van der Waals surface area (Å²) < 4.78 is 44.2. The van der Waals surface area contributed by atoms with Gasteiger partial charge in [0, 0.05) is 12.2 Å². The third-order valence-electron chi connectivity index (χ3n) is 6.68. The Labute approximate surface area is 231 Å². The number of aliphatic hydroxyl groups is 1. The first-order valence-electron chi connectivity index (χ1n) is 14.3. The minimum atomic E-state index is -3.75. The molecule has 2 amide bonds. The number of amides is 2. The topological polar surface area (TPSA) is 97.3 Å². The number of carbonyl (C=O) groups is 2. The molecule has 4 atom stereocenters. The Kier molecular flexibility index (Phi) is 15.1. The average molecular weight is 557 g/mol. The van der Waals surface area contributed by atoms with Gasteiger partial charge in [0.1, 0.15) is 12.7 Å². The van der Waals surface area contributed by atoms with Crippen molar-refractivity contribution in [2.24, 2.45) is 0 Å². The minimum absolute atomic E-state index is 0.164. The number of rotatable bonds is 18. The summed E-state index contributed by atoms with van der Waals surface area (Å²) in [5.74, 6) is -3.75. The molecule has 0 radical (unpaired) electrons. The molecular formula is C29H46F2N2O6. The van der Waals surface area contributed by atoms with Crippen LogP contribution in [0.1, 0.15) is 90.9 Å². The van der Waals surface area contributed by atoms with Gasteiger partial charge in [-0.3, -0.25) is 4.90 Å². The van der Waals surface area contributed by atoms with Gasteiger partial charge in [-0.2, -0.15) is 8.78 Å². The predicted octanol–water partition coefficient (Wildman–Crippen LogP) is 6.60. The summed E-state index contributed by atoms with van der Waals surface area (Å²) in [4.78, 5) is 24.6. The Bertz CT molecular complexity index is 820. The number of allylic oxidation sites excluding steroid dienone is 4. The molecule has 2 aliphatic heterocycles. The van der Waals surface area contributed by atoms with E-state index in [-0.39, 0.29) is 12.6 Å². The van der Waals surface area contributed by atoms with Gasteiger partial charge in [-0.25, -0.2) is 9.59 Å². The summed E-state index contributed by atoms with van der Waals surface area (Å²) in [5, 5.41) is 12.5. The Morgan fingerprint density at radius 3 is 2.36 bits per heavy atom. The molecule has 0 bridgehead atoms. The number of nitrogens with one attached hydrogen (secondary N) is 1. The lowest BCUT2D eigenvalue weighted by molar-refractivity contribution is -0.145. The molecule has 2 rings (SSSR count). The van der Waals surface area contributed by atoms with E-state index in [2.05, 4.69) is 36.5 Å². The first kappa shape index (κ1) is 32.8. The molecule has 0 spiro atoms. The second-order valence-electron chi connectivity index (χ2n) is 10.1. The Hall–Kier alpha value is -2.46. The fraction of sp³-hybridized carbons (Fsp3) is 0.724. The molecule has 1 fully saturated rings. The molecule has 2 N–H and O–H groups in total. The van der Waals surface area contributed by atoms with Crippen molar-refractivity contribution >= 4 is 12.2 Å². The predicted molar refractivity (Wildman–Crippen MR) is 145 cm³/mol. The number of halogens is 2. The van der Waals surface area contributed by atoms with Crippen molar-refractivity contribution in [3.05, 3.63) is 36.6 Å². The smallest absolute Gasteiger partial charge is 0.434 e. The zero-order chi connectivity index (χ0) is 28.5. The van der Waals surface area contributed by atoms with Crippen molar-refractivity contribution in [3.63, 3.8) is 0 Å². The van der Waals surface area contributed by atoms with E-state index in [1.54, 1.807) is 6.92 Å². The molecule has 222 valence electrons. The van der Waals surface area contributed by atoms with E-state index in [1.807, 2.05) is 0 Å². The number of hydrogen-bond donors (Lipinski definition) is 2. The van der Waals surface area contributed by atoms with Crippen LogP contribution in [0.5, 0.6) is 0 Å². The highest BCUT2D eigenvalue weighted by Gasteiger charge is 2.61. The van der Waals surface area contributed by atoms with Gasteiger partial charge >= 0.3 is 18.1 Å². The van der Waals surface area contributed by atoms with Crippen LogP contribution in [0.4, 0.5) is 18.4 Å². The van der Waals surface area contributed by atoms with Crippen LogP contribution in [0.3, 0.4) is 0 Å². The van der Waals surface area contributed by atoms with E-state index in [0.717, 1.165) is 44.9 Å². The van der Waals surface area contributed by atoms with Crippen LogP contribution in [-0.2, 0) is 14.2 Å². The van der Waals surface area contributed by atoms with E-state index in [9.17, 15) is 23.5 Å². The molecule has 1 unspecified atom stereocenters. The molecule has 2 heterocycles. The van der Waals surface area contributed by atoms with Crippen molar-refractivity contribution in [2.45, 2.75) is 121 Å². The van der Waals surface area contributed by atoms with E-state index in [0.29, 0.717) is 11.3 Å².